The maximum atomic E-state index is 12.0. The quantitative estimate of drug-likeness (QED) is 0.703. The Bertz CT molecular complexity index is 829. The molecule has 2 aromatic rings. The third kappa shape index (κ3) is 6.42. The summed E-state index contributed by atoms with van der Waals surface area (Å²) in [5, 5.41) is 2.60. The lowest BCUT2D eigenvalue weighted by Gasteiger charge is -2.10. The van der Waals surface area contributed by atoms with Crippen LogP contribution in [0.1, 0.15) is 29.8 Å². The van der Waals surface area contributed by atoms with Crippen molar-refractivity contribution in [2.75, 3.05) is 19.0 Å². The topological polar surface area (TPSA) is 90.9 Å². The highest BCUT2D eigenvalue weighted by molar-refractivity contribution is 5.94. The van der Waals surface area contributed by atoms with Crippen LogP contribution in [-0.2, 0) is 25.5 Å². The van der Waals surface area contributed by atoms with Gasteiger partial charge in [0.25, 0.3) is 5.91 Å². The third-order valence-electron chi connectivity index (χ3n) is 3.64. The van der Waals surface area contributed by atoms with Crippen molar-refractivity contribution in [1.82, 2.24) is 0 Å². The van der Waals surface area contributed by atoms with Gasteiger partial charge >= 0.3 is 11.9 Å². The van der Waals surface area contributed by atoms with Crippen LogP contribution in [0.25, 0.3) is 0 Å². The standard InChI is InChI=1S/C21H23NO6/c1-14(2)28-21(25)15-8-10-17(11-9-15)22-19(23)13-27-20(24)12-16-6-4-5-7-18(16)26-3/h4-11,14H,12-13H2,1-3H3,(H,22,23). The summed E-state index contributed by atoms with van der Waals surface area (Å²) in [7, 11) is 1.52. The van der Waals surface area contributed by atoms with Gasteiger partial charge in [0.2, 0.25) is 0 Å². The largest absolute Gasteiger partial charge is 0.496 e. The second kappa shape index (κ2) is 10.1. The van der Waals surface area contributed by atoms with Crippen molar-refractivity contribution in [3.05, 3.63) is 59.7 Å². The first-order valence-electron chi connectivity index (χ1n) is 8.77. The number of methoxy groups -OCH3 is 1. The average Bonchev–Trinajstić information content (AvgIpc) is 2.67. The van der Waals surface area contributed by atoms with Crippen molar-refractivity contribution in [2.45, 2.75) is 26.4 Å². The number of anilines is 1. The summed E-state index contributed by atoms with van der Waals surface area (Å²) in [6, 6.07) is 13.3. The number of hydrogen-bond acceptors (Lipinski definition) is 6. The Kier molecular flexibility index (Phi) is 7.56. The van der Waals surface area contributed by atoms with Crippen molar-refractivity contribution < 1.29 is 28.6 Å². The Labute approximate surface area is 163 Å². The normalized spacial score (nSPS) is 10.3. The maximum Gasteiger partial charge on any atom is 0.338 e. The number of carbonyl (C=O) groups excluding carboxylic acids is 3. The zero-order chi connectivity index (χ0) is 20.5. The molecule has 7 nitrogen and oxygen atoms in total. The van der Waals surface area contributed by atoms with Gasteiger partial charge in [-0.2, -0.15) is 0 Å². The lowest BCUT2D eigenvalue weighted by Crippen LogP contribution is -2.21. The van der Waals surface area contributed by atoms with E-state index in [9.17, 15) is 14.4 Å². The summed E-state index contributed by atoms with van der Waals surface area (Å²) in [5.41, 5.74) is 1.54. The van der Waals surface area contributed by atoms with Crippen LogP contribution in [0.3, 0.4) is 0 Å². The minimum Gasteiger partial charge on any atom is -0.496 e. The number of carbonyl (C=O) groups is 3. The summed E-state index contributed by atoms with van der Waals surface area (Å²) in [4.78, 5) is 35.7. The molecule has 0 aromatic heterocycles. The van der Waals surface area contributed by atoms with Crippen LogP contribution in [0, 0.1) is 0 Å². The van der Waals surface area contributed by atoms with E-state index in [1.165, 1.54) is 7.11 Å². The summed E-state index contributed by atoms with van der Waals surface area (Å²) < 4.78 is 15.3. The molecule has 0 unspecified atom stereocenters. The minimum absolute atomic E-state index is 0.00392. The van der Waals surface area contributed by atoms with Crippen LogP contribution in [0.15, 0.2) is 48.5 Å². The third-order valence-corrected chi connectivity index (χ3v) is 3.64. The molecule has 0 aliphatic heterocycles. The van der Waals surface area contributed by atoms with Crippen molar-refractivity contribution in [3.63, 3.8) is 0 Å². The maximum absolute atomic E-state index is 12.0. The molecule has 2 rings (SSSR count). The predicted octanol–water partition coefficient (Wildman–Crippen LogP) is 2.98. The molecular formula is C21H23NO6. The molecule has 1 N–H and O–H groups in total. The van der Waals surface area contributed by atoms with Crippen molar-refractivity contribution in [1.29, 1.82) is 0 Å². The molecule has 0 bridgehead atoms. The molecule has 0 spiro atoms. The van der Waals surface area contributed by atoms with E-state index in [4.69, 9.17) is 14.2 Å². The lowest BCUT2D eigenvalue weighted by atomic mass is 10.1. The highest BCUT2D eigenvalue weighted by Gasteiger charge is 2.13. The van der Waals surface area contributed by atoms with Gasteiger partial charge < -0.3 is 19.5 Å². The average molecular weight is 385 g/mol. The molecular weight excluding hydrogens is 362 g/mol. The lowest BCUT2D eigenvalue weighted by molar-refractivity contribution is -0.146. The first kappa shape index (κ1) is 21.0. The van der Waals surface area contributed by atoms with Gasteiger partial charge in [0, 0.05) is 11.3 Å². The first-order valence-corrected chi connectivity index (χ1v) is 8.77. The molecule has 0 heterocycles. The van der Waals surface area contributed by atoms with E-state index in [1.807, 2.05) is 0 Å². The van der Waals surface area contributed by atoms with Crippen LogP contribution < -0.4 is 10.1 Å². The van der Waals surface area contributed by atoms with Gasteiger partial charge in [-0.25, -0.2) is 4.79 Å². The smallest absolute Gasteiger partial charge is 0.338 e. The molecule has 0 radical (unpaired) electrons. The van der Waals surface area contributed by atoms with E-state index >= 15 is 0 Å². The minimum atomic E-state index is -0.536. The van der Waals surface area contributed by atoms with Gasteiger partial charge in [-0.3, -0.25) is 9.59 Å². The Hall–Kier alpha value is -3.35. The zero-order valence-electron chi connectivity index (χ0n) is 16.1. The number of nitrogens with one attached hydrogen (secondary N) is 1. The molecule has 28 heavy (non-hydrogen) atoms. The van der Waals surface area contributed by atoms with E-state index < -0.39 is 24.5 Å². The molecule has 0 fully saturated rings. The van der Waals surface area contributed by atoms with Gasteiger partial charge in [0.1, 0.15) is 5.75 Å². The van der Waals surface area contributed by atoms with Crippen LogP contribution in [0.2, 0.25) is 0 Å². The van der Waals surface area contributed by atoms with Crippen LogP contribution in [0.4, 0.5) is 5.69 Å². The first-order chi connectivity index (χ1) is 13.4. The molecule has 7 heteroatoms. The molecule has 0 saturated carbocycles. The fourth-order valence-corrected chi connectivity index (χ4v) is 2.37. The van der Waals surface area contributed by atoms with Crippen LogP contribution in [-0.4, -0.2) is 37.7 Å². The molecule has 2 aromatic carbocycles. The van der Waals surface area contributed by atoms with Gasteiger partial charge in [0.15, 0.2) is 6.61 Å². The van der Waals surface area contributed by atoms with Crippen molar-refractivity contribution in [3.8, 4) is 5.75 Å². The Balaban J connectivity index is 1.82. The number of ether oxygens (including phenoxy) is 3. The zero-order valence-corrected chi connectivity index (χ0v) is 16.1. The number of esters is 2. The summed E-state index contributed by atoms with van der Waals surface area (Å²) in [5.74, 6) is -0.865. The number of benzene rings is 2. The molecule has 1 amide bonds. The highest BCUT2D eigenvalue weighted by atomic mass is 16.5. The molecule has 0 atom stereocenters. The van der Waals surface area contributed by atoms with Gasteiger partial charge in [-0.05, 0) is 44.2 Å². The van der Waals surface area contributed by atoms with Crippen molar-refractivity contribution >= 4 is 23.5 Å². The van der Waals surface area contributed by atoms with Crippen LogP contribution >= 0.6 is 0 Å². The van der Waals surface area contributed by atoms with E-state index in [2.05, 4.69) is 5.32 Å². The van der Waals surface area contributed by atoms with E-state index in [0.29, 0.717) is 22.6 Å². The van der Waals surface area contributed by atoms with Gasteiger partial charge in [-0.1, -0.05) is 18.2 Å². The number of amides is 1. The number of rotatable bonds is 8. The number of hydrogen-bond donors (Lipinski definition) is 1. The molecule has 0 aliphatic carbocycles. The second-order valence-electron chi connectivity index (χ2n) is 6.23. The second-order valence-corrected chi connectivity index (χ2v) is 6.23. The summed E-state index contributed by atoms with van der Waals surface area (Å²) in [6.07, 6.45) is -0.207. The number of para-hydroxylation sites is 1. The Morgan fingerprint density at radius 3 is 2.32 bits per heavy atom. The van der Waals surface area contributed by atoms with Crippen molar-refractivity contribution in [2.24, 2.45) is 0 Å². The molecule has 0 aliphatic rings. The SMILES string of the molecule is COc1ccccc1CC(=O)OCC(=O)Nc1ccc(C(=O)OC(C)C)cc1. The van der Waals surface area contributed by atoms with Gasteiger partial charge in [-0.15, -0.1) is 0 Å². The monoisotopic (exact) mass is 385 g/mol. The Morgan fingerprint density at radius 2 is 1.68 bits per heavy atom. The fourth-order valence-electron chi connectivity index (χ4n) is 2.37. The van der Waals surface area contributed by atoms with Gasteiger partial charge in [0.05, 0.1) is 25.2 Å². The molecule has 148 valence electrons. The van der Waals surface area contributed by atoms with E-state index in [0.717, 1.165) is 0 Å². The summed E-state index contributed by atoms with van der Waals surface area (Å²) in [6.45, 7) is 3.12. The highest BCUT2D eigenvalue weighted by Crippen LogP contribution is 2.18. The van der Waals surface area contributed by atoms with Crippen LogP contribution in [0.5, 0.6) is 5.75 Å². The van der Waals surface area contributed by atoms with E-state index in [1.54, 1.807) is 62.4 Å². The Morgan fingerprint density at radius 1 is 1.00 bits per heavy atom. The molecule has 0 saturated heterocycles. The predicted molar refractivity (Wildman–Crippen MR) is 103 cm³/mol. The van der Waals surface area contributed by atoms with E-state index in [-0.39, 0.29) is 12.5 Å². The summed E-state index contributed by atoms with van der Waals surface area (Å²) >= 11 is 0. The fraction of sp³-hybridized carbons (Fsp3) is 0.286.